The maximum absolute atomic E-state index is 10.0. The second-order valence-electron chi connectivity index (χ2n) is 1.95. The Bertz CT molecular complexity index is 348. The number of carboxylic acids is 1. The molecule has 0 aliphatic rings. The van der Waals surface area contributed by atoms with E-state index in [4.69, 9.17) is 11.5 Å². The Hall–Kier alpha value is -2.11. The van der Waals surface area contributed by atoms with E-state index in [0.717, 1.165) is 0 Å². The van der Waals surface area contributed by atoms with Crippen LogP contribution in [0.25, 0.3) is 0 Å². The van der Waals surface area contributed by atoms with Crippen LogP contribution in [0.4, 0.5) is 0 Å². The molecule has 0 spiro atoms. The molecule has 0 saturated carbocycles. The molecule has 0 unspecified atom stereocenters. The van der Waals surface area contributed by atoms with Gasteiger partial charge in [-0.1, -0.05) is 23.8 Å². The highest BCUT2D eigenvalue weighted by Crippen LogP contribution is 1.80. The lowest BCUT2D eigenvalue weighted by molar-refractivity contribution is -0.135. The third-order valence-electron chi connectivity index (χ3n) is 0.907. The predicted octanol–water partition coefficient (Wildman–Crippen LogP) is 1.05. The molecule has 1 N–H and O–H groups in total. The van der Waals surface area contributed by atoms with Gasteiger partial charge in [0.25, 0.3) is 0 Å². The summed E-state index contributed by atoms with van der Waals surface area (Å²) < 4.78 is 0. The van der Waals surface area contributed by atoms with Crippen molar-refractivity contribution >= 4 is 5.97 Å². The molecule has 0 rings (SSSR count). The summed E-state index contributed by atoms with van der Waals surface area (Å²) in [6.45, 7) is 0. The molecule has 0 aromatic rings. The minimum absolute atomic E-state index is 0.0214. The average Bonchev–Trinajstić information content (AvgIpc) is 2.09. The Balaban J connectivity index is 3.76. The van der Waals surface area contributed by atoms with Crippen LogP contribution in [-0.4, -0.2) is 11.1 Å². The minimum Gasteiger partial charge on any atom is -0.481 e. The van der Waals surface area contributed by atoms with Gasteiger partial charge in [-0.25, -0.2) is 0 Å². The van der Waals surface area contributed by atoms with Gasteiger partial charge in [-0.15, -0.1) is 6.42 Å². The van der Waals surface area contributed by atoms with Gasteiger partial charge in [0.05, 0.1) is 12.8 Å². The number of rotatable bonds is 2. The summed E-state index contributed by atoms with van der Waals surface area (Å²) in [7, 11) is 0. The molecule has 0 radical (unpaired) electrons. The van der Waals surface area contributed by atoms with Gasteiger partial charge < -0.3 is 5.11 Å². The van der Waals surface area contributed by atoms with Crippen molar-refractivity contribution in [1.82, 2.24) is 0 Å². The number of carboxylic acid groups (broad SMARTS) is 1. The molecule has 0 bridgehead atoms. The van der Waals surface area contributed by atoms with Crippen LogP contribution < -0.4 is 0 Å². The van der Waals surface area contributed by atoms with Crippen LogP contribution in [0.1, 0.15) is 12.8 Å². The Kier molecular flexibility index (Phi) is 6.69. The van der Waals surface area contributed by atoms with Crippen molar-refractivity contribution in [3.05, 3.63) is 12.2 Å². The SMILES string of the molecule is C#CCC#CC#C/C=C\CC(=O)O. The third kappa shape index (κ3) is 9.89. The molecule has 2 heteroatoms. The highest BCUT2D eigenvalue weighted by Gasteiger charge is 1.86. The first-order valence-electron chi connectivity index (χ1n) is 3.56. The van der Waals surface area contributed by atoms with Crippen molar-refractivity contribution in [2.24, 2.45) is 0 Å². The van der Waals surface area contributed by atoms with E-state index in [9.17, 15) is 4.79 Å². The lowest BCUT2D eigenvalue weighted by Gasteiger charge is -1.77. The number of terminal acetylenes is 1. The summed E-state index contributed by atoms with van der Waals surface area (Å²) in [4.78, 5) is 10.0. The van der Waals surface area contributed by atoms with Crippen molar-refractivity contribution in [2.75, 3.05) is 0 Å². The molecular formula is C11H8O2. The van der Waals surface area contributed by atoms with Gasteiger partial charge in [-0.05, 0) is 17.9 Å². The highest BCUT2D eigenvalue weighted by atomic mass is 16.4. The predicted molar refractivity (Wildman–Crippen MR) is 50.4 cm³/mol. The number of carbonyl (C=O) groups is 1. The zero-order chi connectivity index (χ0) is 9.94. The minimum atomic E-state index is -0.878. The lowest BCUT2D eigenvalue weighted by Crippen LogP contribution is -1.89. The van der Waals surface area contributed by atoms with Crippen LogP contribution in [0.3, 0.4) is 0 Å². The molecule has 64 valence electrons. The van der Waals surface area contributed by atoms with Crippen LogP contribution >= 0.6 is 0 Å². The van der Waals surface area contributed by atoms with E-state index in [1.54, 1.807) is 0 Å². The second-order valence-corrected chi connectivity index (χ2v) is 1.95. The first-order valence-corrected chi connectivity index (χ1v) is 3.56. The fourth-order valence-corrected chi connectivity index (χ4v) is 0.436. The van der Waals surface area contributed by atoms with E-state index in [1.807, 2.05) is 0 Å². The topological polar surface area (TPSA) is 37.3 Å². The maximum atomic E-state index is 10.0. The zero-order valence-electron chi connectivity index (χ0n) is 7.00. The molecule has 0 fully saturated rings. The molecule has 0 aliphatic heterocycles. The van der Waals surface area contributed by atoms with Crippen LogP contribution in [0.5, 0.6) is 0 Å². The fourth-order valence-electron chi connectivity index (χ4n) is 0.436. The molecule has 0 aliphatic carbocycles. The number of hydrogen-bond acceptors (Lipinski definition) is 1. The summed E-state index contributed by atoms with van der Waals surface area (Å²) in [5.74, 6) is 11.7. The first kappa shape index (κ1) is 10.9. The summed E-state index contributed by atoms with van der Waals surface area (Å²) >= 11 is 0. The van der Waals surface area contributed by atoms with Crippen molar-refractivity contribution in [1.29, 1.82) is 0 Å². The molecule has 0 aromatic heterocycles. The monoisotopic (exact) mass is 172 g/mol. The van der Waals surface area contributed by atoms with Crippen molar-refractivity contribution in [2.45, 2.75) is 12.8 Å². The zero-order valence-corrected chi connectivity index (χ0v) is 7.00. The van der Waals surface area contributed by atoms with Crippen LogP contribution in [0, 0.1) is 36.0 Å². The standard InChI is InChI=1S/C11H8O2/c1-2-3-4-5-6-7-8-9-10-11(12)13/h1,8-9H,3,10H2,(H,12,13)/b9-8-. The second kappa shape index (κ2) is 7.99. The van der Waals surface area contributed by atoms with E-state index in [0.29, 0.717) is 6.42 Å². The van der Waals surface area contributed by atoms with Crippen LogP contribution in [0.15, 0.2) is 12.2 Å². The average molecular weight is 172 g/mol. The molecular weight excluding hydrogens is 164 g/mol. The Morgan fingerprint density at radius 3 is 2.85 bits per heavy atom. The van der Waals surface area contributed by atoms with Crippen molar-refractivity contribution < 1.29 is 9.90 Å². The van der Waals surface area contributed by atoms with Gasteiger partial charge in [-0.3, -0.25) is 4.79 Å². The Labute approximate surface area is 77.7 Å². The number of aliphatic carboxylic acids is 1. The lowest BCUT2D eigenvalue weighted by atomic mass is 10.4. The van der Waals surface area contributed by atoms with E-state index < -0.39 is 5.97 Å². The van der Waals surface area contributed by atoms with Crippen molar-refractivity contribution in [3.8, 4) is 36.0 Å². The van der Waals surface area contributed by atoms with E-state index in [2.05, 4.69) is 29.6 Å². The fraction of sp³-hybridized carbons (Fsp3) is 0.182. The summed E-state index contributed by atoms with van der Waals surface area (Å²) in [5.41, 5.74) is 0. The summed E-state index contributed by atoms with van der Waals surface area (Å²) in [6, 6.07) is 0. The summed E-state index contributed by atoms with van der Waals surface area (Å²) in [6.07, 6.45) is 8.22. The number of hydrogen-bond donors (Lipinski definition) is 1. The van der Waals surface area contributed by atoms with Gasteiger partial charge in [0.1, 0.15) is 0 Å². The summed E-state index contributed by atoms with van der Waals surface area (Å²) in [5, 5.41) is 8.24. The van der Waals surface area contributed by atoms with Gasteiger partial charge in [0.2, 0.25) is 0 Å². The largest absolute Gasteiger partial charge is 0.481 e. The third-order valence-corrected chi connectivity index (χ3v) is 0.907. The van der Waals surface area contributed by atoms with Gasteiger partial charge >= 0.3 is 5.97 Å². The van der Waals surface area contributed by atoms with Gasteiger partial charge in [0, 0.05) is 0 Å². The van der Waals surface area contributed by atoms with E-state index in [-0.39, 0.29) is 6.42 Å². The molecule has 0 atom stereocenters. The number of allylic oxidation sites excluding steroid dienone is 1. The maximum Gasteiger partial charge on any atom is 0.307 e. The van der Waals surface area contributed by atoms with Gasteiger partial charge in [0.15, 0.2) is 0 Å². The molecule has 0 heterocycles. The molecule has 0 aromatic carbocycles. The first-order chi connectivity index (χ1) is 6.27. The molecule has 13 heavy (non-hydrogen) atoms. The van der Waals surface area contributed by atoms with E-state index in [1.165, 1.54) is 12.2 Å². The Morgan fingerprint density at radius 1 is 1.46 bits per heavy atom. The van der Waals surface area contributed by atoms with Crippen LogP contribution in [-0.2, 0) is 4.79 Å². The van der Waals surface area contributed by atoms with Crippen molar-refractivity contribution in [3.63, 3.8) is 0 Å². The quantitative estimate of drug-likeness (QED) is 0.632. The normalized spacial score (nSPS) is 7.62. The Morgan fingerprint density at radius 2 is 2.23 bits per heavy atom. The molecule has 2 nitrogen and oxygen atoms in total. The highest BCUT2D eigenvalue weighted by molar-refractivity contribution is 5.68. The van der Waals surface area contributed by atoms with Gasteiger partial charge in [-0.2, -0.15) is 0 Å². The molecule has 0 amide bonds. The van der Waals surface area contributed by atoms with Crippen LogP contribution in [0.2, 0.25) is 0 Å². The smallest absolute Gasteiger partial charge is 0.307 e. The van der Waals surface area contributed by atoms with E-state index >= 15 is 0 Å². The molecule has 0 saturated heterocycles.